The summed E-state index contributed by atoms with van der Waals surface area (Å²) >= 11 is 3.73. The van der Waals surface area contributed by atoms with Crippen LogP contribution in [-0.2, 0) is 23.3 Å². The highest BCUT2D eigenvalue weighted by Crippen LogP contribution is 2.58. The van der Waals surface area contributed by atoms with Gasteiger partial charge >= 0.3 is 18.2 Å². The van der Waals surface area contributed by atoms with Crippen LogP contribution < -0.4 is 4.90 Å². The van der Waals surface area contributed by atoms with Crippen LogP contribution in [0.15, 0.2) is 24.3 Å². The van der Waals surface area contributed by atoms with Gasteiger partial charge in [-0.25, -0.2) is 14.4 Å². The first-order chi connectivity index (χ1) is 13.0. The second-order valence-electron chi connectivity index (χ2n) is 7.72. The number of para-hydroxylation sites is 1. The molecule has 0 radical (unpaired) electrons. The molecule has 0 aromatic heterocycles. The van der Waals surface area contributed by atoms with Crippen LogP contribution in [0.3, 0.4) is 0 Å². The number of methoxy groups -OCH3 is 2. The molecular weight excluding hydrogens is 432 g/mol. The molecule has 0 aliphatic carbocycles. The number of hydrogen-bond donors (Lipinski definition) is 0. The van der Waals surface area contributed by atoms with Crippen molar-refractivity contribution in [3.05, 3.63) is 29.8 Å². The van der Waals surface area contributed by atoms with E-state index in [1.165, 1.54) is 24.0 Å². The van der Waals surface area contributed by atoms with Crippen molar-refractivity contribution < 1.29 is 28.6 Å². The average Bonchev–Trinajstić information content (AvgIpc) is 3.06. The van der Waals surface area contributed by atoms with Crippen LogP contribution in [0.2, 0.25) is 0 Å². The molecule has 2 heterocycles. The van der Waals surface area contributed by atoms with Crippen LogP contribution >= 0.6 is 15.9 Å². The number of halogens is 1. The molecule has 1 saturated heterocycles. The van der Waals surface area contributed by atoms with Crippen molar-refractivity contribution in [2.24, 2.45) is 0 Å². The van der Waals surface area contributed by atoms with Gasteiger partial charge in [-0.3, -0.25) is 9.80 Å². The number of amides is 2. The Hall–Kier alpha value is -2.29. The summed E-state index contributed by atoms with van der Waals surface area (Å²) in [6.45, 7) is 5.29. The van der Waals surface area contributed by atoms with E-state index in [-0.39, 0.29) is 6.42 Å². The summed E-state index contributed by atoms with van der Waals surface area (Å²) in [6, 6.07) is 6.36. The van der Waals surface area contributed by atoms with Crippen LogP contribution in [0.5, 0.6) is 0 Å². The standard InChI is InChI=1S/C19H23BrN2O6/c1-18(2,3)28-17(25)21-12-9-7-6-8-11(12)19(20)10-13(14(23)26-4)22(15(19)21)16(24)27-5/h6-9,13,15H,10H2,1-5H3/t13-,15-,19+/m0/s1. The normalized spacial score (nSPS) is 25.8. The minimum absolute atomic E-state index is 0.218. The first-order valence-electron chi connectivity index (χ1n) is 8.80. The maximum absolute atomic E-state index is 13.1. The number of likely N-dealkylation sites (tertiary alicyclic amines) is 1. The molecule has 2 aliphatic rings. The van der Waals surface area contributed by atoms with Crippen LogP contribution in [0, 0.1) is 0 Å². The van der Waals surface area contributed by atoms with Crippen LogP contribution in [0.1, 0.15) is 32.8 Å². The van der Waals surface area contributed by atoms with Crippen molar-refractivity contribution in [3.8, 4) is 0 Å². The summed E-state index contributed by atoms with van der Waals surface area (Å²) in [4.78, 5) is 40.8. The number of benzene rings is 1. The summed E-state index contributed by atoms with van der Waals surface area (Å²) in [6.07, 6.45) is -1.99. The molecule has 152 valence electrons. The fourth-order valence-corrected chi connectivity index (χ4v) is 4.86. The molecule has 2 amide bonds. The molecule has 3 rings (SSSR count). The fraction of sp³-hybridized carbons (Fsp3) is 0.526. The highest BCUT2D eigenvalue weighted by molar-refractivity contribution is 9.09. The number of alkyl halides is 1. The Balaban J connectivity index is 2.16. The summed E-state index contributed by atoms with van der Waals surface area (Å²) in [5, 5.41) is 0. The second-order valence-corrected chi connectivity index (χ2v) is 9.14. The molecule has 9 heteroatoms. The Morgan fingerprint density at radius 3 is 2.32 bits per heavy atom. The van der Waals surface area contributed by atoms with E-state index in [2.05, 4.69) is 15.9 Å². The molecule has 3 atom stereocenters. The van der Waals surface area contributed by atoms with Gasteiger partial charge in [-0.2, -0.15) is 0 Å². The lowest BCUT2D eigenvalue weighted by atomic mass is 9.96. The lowest BCUT2D eigenvalue weighted by Gasteiger charge is -2.35. The van der Waals surface area contributed by atoms with E-state index in [0.717, 1.165) is 5.56 Å². The number of esters is 1. The van der Waals surface area contributed by atoms with E-state index in [4.69, 9.17) is 14.2 Å². The van der Waals surface area contributed by atoms with Gasteiger partial charge < -0.3 is 14.2 Å². The lowest BCUT2D eigenvalue weighted by Crippen LogP contribution is -2.56. The fourth-order valence-electron chi connectivity index (χ4n) is 3.80. The van der Waals surface area contributed by atoms with E-state index in [9.17, 15) is 14.4 Å². The number of fused-ring (bicyclic) bond motifs is 3. The maximum Gasteiger partial charge on any atom is 0.416 e. The summed E-state index contributed by atoms with van der Waals surface area (Å²) < 4.78 is 14.5. The first-order valence-corrected chi connectivity index (χ1v) is 9.59. The van der Waals surface area contributed by atoms with Gasteiger partial charge in [0.15, 0.2) is 0 Å². The Morgan fingerprint density at radius 1 is 1.11 bits per heavy atom. The minimum Gasteiger partial charge on any atom is -0.467 e. The lowest BCUT2D eigenvalue weighted by molar-refractivity contribution is -0.145. The topological polar surface area (TPSA) is 85.4 Å². The second kappa shape index (κ2) is 6.95. The van der Waals surface area contributed by atoms with Crippen molar-refractivity contribution >= 4 is 39.8 Å². The Kier molecular flexibility index (Phi) is 5.07. The van der Waals surface area contributed by atoms with Gasteiger partial charge in [0.25, 0.3) is 0 Å². The predicted octanol–water partition coefficient (Wildman–Crippen LogP) is 3.37. The highest BCUT2D eigenvalue weighted by atomic mass is 79.9. The summed E-state index contributed by atoms with van der Waals surface area (Å²) in [5.41, 5.74) is 0.655. The van der Waals surface area contributed by atoms with E-state index >= 15 is 0 Å². The third-order valence-corrected chi connectivity index (χ3v) is 5.96. The number of rotatable bonds is 1. The van der Waals surface area contributed by atoms with Gasteiger partial charge in [0.1, 0.15) is 17.8 Å². The Morgan fingerprint density at radius 2 is 1.75 bits per heavy atom. The number of hydrogen-bond acceptors (Lipinski definition) is 6. The van der Waals surface area contributed by atoms with E-state index in [1.807, 2.05) is 12.1 Å². The molecule has 1 fully saturated rings. The zero-order chi connectivity index (χ0) is 20.9. The summed E-state index contributed by atoms with van der Waals surface area (Å²) in [7, 11) is 2.48. The largest absolute Gasteiger partial charge is 0.467 e. The predicted molar refractivity (Wildman–Crippen MR) is 104 cm³/mol. The molecule has 0 N–H and O–H groups in total. The van der Waals surface area contributed by atoms with E-state index < -0.39 is 40.3 Å². The molecule has 2 aliphatic heterocycles. The molecule has 0 bridgehead atoms. The third kappa shape index (κ3) is 3.11. The van der Waals surface area contributed by atoms with Crippen LogP contribution in [0.25, 0.3) is 0 Å². The number of carbonyl (C=O) groups is 3. The first kappa shape index (κ1) is 20.4. The van der Waals surface area contributed by atoms with Gasteiger partial charge in [-0.15, -0.1) is 0 Å². The number of carbonyl (C=O) groups excluding carboxylic acids is 3. The zero-order valence-corrected chi connectivity index (χ0v) is 18.0. The number of nitrogens with zero attached hydrogens (tertiary/aromatic N) is 2. The molecule has 1 aromatic rings. The van der Waals surface area contributed by atoms with Gasteiger partial charge in [0, 0.05) is 6.42 Å². The maximum atomic E-state index is 13.1. The monoisotopic (exact) mass is 454 g/mol. The minimum atomic E-state index is -0.917. The van der Waals surface area contributed by atoms with Gasteiger partial charge in [-0.05, 0) is 32.4 Å². The van der Waals surface area contributed by atoms with Crippen molar-refractivity contribution in [1.82, 2.24) is 4.90 Å². The number of anilines is 1. The average molecular weight is 455 g/mol. The van der Waals surface area contributed by atoms with Crippen molar-refractivity contribution in [3.63, 3.8) is 0 Å². The van der Waals surface area contributed by atoms with Crippen molar-refractivity contribution in [2.75, 3.05) is 19.1 Å². The van der Waals surface area contributed by atoms with Gasteiger partial charge in [-0.1, -0.05) is 34.1 Å². The van der Waals surface area contributed by atoms with Crippen molar-refractivity contribution in [1.29, 1.82) is 0 Å². The van der Waals surface area contributed by atoms with Crippen molar-refractivity contribution in [2.45, 2.75) is 49.3 Å². The smallest absolute Gasteiger partial charge is 0.416 e. The highest BCUT2D eigenvalue weighted by Gasteiger charge is 2.65. The molecule has 8 nitrogen and oxygen atoms in total. The number of ether oxygens (including phenoxy) is 3. The SMILES string of the molecule is COC(=O)[C@@H]1C[C@@]2(Br)c3ccccc3N(C(=O)OC(C)(C)C)[C@H]2N1C(=O)OC. The Bertz CT molecular complexity index is 823. The van der Waals surface area contributed by atoms with E-state index in [0.29, 0.717) is 5.69 Å². The van der Waals surface area contributed by atoms with Crippen LogP contribution in [-0.4, -0.2) is 55.1 Å². The molecule has 0 spiro atoms. The van der Waals surface area contributed by atoms with E-state index in [1.54, 1.807) is 32.9 Å². The quantitative estimate of drug-likeness (QED) is 0.367. The molecule has 0 unspecified atom stereocenters. The van der Waals surface area contributed by atoms with Gasteiger partial charge in [0.05, 0.1) is 24.2 Å². The third-order valence-electron chi connectivity index (χ3n) is 4.80. The van der Waals surface area contributed by atoms with Gasteiger partial charge in [0.2, 0.25) is 0 Å². The van der Waals surface area contributed by atoms with Crippen LogP contribution in [0.4, 0.5) is 15.3 Å². The zero-order valence-electron chi connectivity index (χ0n) is 16.4. The summed E-state index contributed by atoms with van der Waals surface area (Å²) in [5.74, 6) is -0.583. The Labute approximate surface area is 171 Å². The molecular formula is C19H23BrN2O6. The molecule has 28 heavy (non-hydrogen) atoms. The molecule has 0 saturated carbocycles. The molecule has 1 aromatic carbocycles.